The van der Waals surface area contributed by atoms with Gasteiger partial charge in [-0.05, 0) is 0 Å². The van der Waals surface area contributed by atoms with E-state index in [1.165, 1.54) is 0 Å². The van der Waals surface area contributed by atoms with E-state index < -0.39 is 19.7 Å². The molecule has 0 rings (SSSR count). The summed E-state index contributed by atoms with van der Waals surface area (Å²) in [6, 6.07) is 0. The minimum atomic E-state index is -2.39. The molecule has 0 aliphatic heterocycles. The molecule has 0 aliphatic rings. The van der Waals surface area contributed by atoms with Crippen molar-refractivity contribution in [3.05, 3.63) is 0 Å². The summed E-state index contributed by atoms with van der Waals surface area (Å²) in [5.41, 5.74) is 0. The summed E-state index contributed by atoms with van der Waals surface area (Å²) in [5.74, 6) is 0. The molecule has 0 aromatic rings. The van der Waals surface area contributed by atoms with Gasteiger partial charge in [0.1, 0.15) is 0 Å². The predicted octanol–water partition coefficient (Wildman–Crippen LogP) is 3.01. The Morgan fingerprint density at radius 3 is 1.00 bits per heavy atom. The first-order chi connectivity index (χ1) is 4.15. The average molecular weight is 249 g/mol. The van der Waals surface area contributed by atoms with Gasteiger partial charge in [-0.3, -0.25) is 0 Å². The summed E-state index contributed by atoms with van der Waals surface area (Å²) < 4.78 is 11.9. The van der Waals surface area contributed by atoms with Crippen LogP contribution in [0.15, 0.2) is 0 Å². The molecule has 0 aromatic carbocycles. The molecule has 0 bridgehead atoms. The van der Waals surface area contributed by atoms with Crippen molar-refractivity contribution < 1.29 is 3.08 Å². The van der Waals surface area contributed by atoms with Crippen molar-refractivity contribution >= 4 is 19.7 Å². The maximum atomic E-state index is 11.8. The predicted molar refractivity (Wildman–Crippen MR) is 45.9 cm³/mol. The molecule has 0 heterocycles. The van der Waals surface area contributed by atoms with E-state index in [1.807, 2.05) is 0 Å². The molecule has 1 nitrogen and oxygen atoms in total. The molecular formula is C8H18OSn. The van der Waals surface area contributed by atoms with Crippen LogP contribution in [0.3, 0.4) is 0 Å². The van der Waals surface area contributed by atoms with Crippen molar-refractivity contribution in [3.63, 3.8) is 0 Å². The maximum absolute atomic E-state index is 11.8. The zero-order valence-corrected chi connectivity index (χ0v) is 10.8. The number of hydrogen-bond donors (Lipinski definition) is 0. The standard InChI is InChI=1S/2C4H9.O.Sn/c2*1-4(2)3;;/h2*1-3H3;;. The molecule has 0 atom stereocenters. The Labute approximate surface area is 71.3 Å². The van der Waals surface area contributed by atoms with Crippen molar-refractivity contribution in [1.82, 2.24) is 0 Å². The molecule has 60 valence electrons. The Morgan fingerprint density at radius 1 is 0.800 bits per heavy atom. The third-order valence-corrected chi connectivity index (χ3v) is 9.14. The molecule has 10 heavy (non-hydrogen) atoms. The van der Waals surface area contributed by atoms with E-state index in [9.17, 15) is 3.08 Å². The van der Waals surface area contributed by atoms with Gasteiger partial charge in [0.05, 0.1) is 0 Å². The van der Waals surface area contributed by atoms with Gasteiger partial charge in [0.2, 0.25) is 0 Å². The van der Waals surface area contributed by atoms with Crippen LogP contribution in [0.4, 0.5) is 0 Å². The Balaban J connectivity index is 4.40. The molecule has 0 unspecified atom stereocenters. The van der Waals surface area contributed by atoms with Crippen molar-refractivity contribution in [3.8, 4) is 0 Å². The van der Waals surface area contributed by atoms with Crippen molar-refractivity contribution in [2.45, 2.75) is 48.4 Å². The first kappa shape index (κ1) is 10.6. The summed E-state index contributed by atoms with van der Waals surface area (Å²) in [6.07, 6.45) is 0. The summed E-state index contributed by atoms with van der Waals surface area (Å²) in [4.78, 5) is 0. The van der Waals surface area contributed by atoms with E-state index in [-0.39, 0.29) is 6.86 Å². The topological polar surface area (TPSA) is 17.1 Å². The van der Waals surface area contributed by atoms with Crippen LogP contribution in [-0.4, -0.2) is 19.7 Å². The van der Waals surface area contributed by atoms with E-state index in [0.29, 0.717) is 0 Å². The van der Waals surface area contributed by atoms with Crippen molar-refractivity contribution in [2.75, 3.05) is 0 Å². The van der Waals surface area contributed by atoms with Crippen molar-refractivity contribution in [1.29, 1.82) is 0 Å². The third-order valence-electron chi connectivity index (χ3n) is 1.36. The van der Waals surface area contributed by atoms with Crippen molar-refractivity contribution in [2.24, 2.45) is 0 Å². The quantitative estimate of drug-likeness (QED) is 0.603. The van der Waals surface area contributed by atoms with Gasteiger partial charge in [-0.25, -0.2) is 0 Å². The van der Waals surface area contributed by atoms with Crippen LogP contribution in [0.25, 0.3) is 0 Å². The molecule has 0 fully saturated rings. The third kappa shape index (κ3) is 3.13. The normalized spacial score (nSPS) is 13.4. The SMILES string of the molecule is C[C](C)(C)[Sn](=[O])[C](C)(C)C. The first-order valence-electron chi connectivity index (χ1n) is 3.70. The molecule has 0 radical (unpaired) electrons. The zero-order valence-electron chi connectivity index (χ0n) is 7.91. The molecular weight excluding hydrogens is 231 g/mol. The monoisotopic (exact) mass is 250 g/mol. The van der Waals surface area contributed by atoms with Crippen LogP contribution < -0.4 is 0 Å². The van der Waals surface area contributed by atoms with Gasteiger partial charge < -0.3 is 0 Å². The van der Waals surface area contributed by atoms with Gasteiger partial charge in [-0.2, -0.15) is 0 Å². The first-order valence-corrected chi connectivity index (χ1v) is 7.72. The zero-order chi connectivity index (χ0) is 8.58. The fourth-order valence-corrected chi connectivity index (χ4v) is 7.55. The second-order valence-corrected chi connectivity index (χ2v) is 15.3. The van der Waals surface area contributed by atoms with Crippen LogP contribution in [0.2, 0.25) is 6.86 Å². The Morgan fingerprint density at radius 2 is 1.00 bits per heavy atom. The second-order valence-electron chi connectivity index (χ2n) is 4.83. The minimum absolute atomic E-state index is 0.0838. The van der Waals surface area contributed by atoms with Crippen LogP contribution in [-0.2, 0) is 3.08 Å². The molecule has 0 saturated carbocycles. The van der Waals surface area contributed by atoms with Gasteiger partial charge in [0.25, 0.3) is 0 Å². The van der Waals surface area contributed by atoms with Crippen LogP contribution in [0.1, 0.15) is 41.5 Å². The molecule has 0 spiro atoms. The van der Waals surface area contributed by atoms with Crippen LogP contribution in [0.5, 0.6) is 0 Å². The molecule has 0 amide bonds. The summed E-state index contributed by atoms with van der Waals surface area (Å²) >= 11 is -2.39. The fraction of sp³-hybridized carbons (Fsp3) is 1.00. The van der Waals surface area contributed by atoms with Gasteiger partial charge in [0, 0.05) is 0 Å². The number of rotatable bonds is 0. The fourth-order valence-electron chi connectivity index (χ4n) is 1.12. The van der Waals surface area contributed by atoms with Gasteiger partial charge >= 0.3 is 71.2 Å². The number of hydrogen-bond acceptors (Lipinski definition) is 1. The van der Waals surface area contributed by atoms with Gasteiger partial charge in [-0.15, -0.1) is 0 Å². The molecule has 0 aromatic heterocycles. The summed E-state index contributed by atoms with van der Waals surface area (Å²) in [7, 11) is 0. The van der Waals surface area contributed by atoms with E-state index in [1.54, 1.807) is 0 Å². The Hall–Kier alpha value is 0.599. The molecule has 0 N–H and O–H groups in total. The van der Waals surface area contributed by atoms with E-state index in [4.69, 9.17) is 0 Å². The summed E-state index contributed by atoms with van der Waals surface area (Å²) in [6.45, 7) is 12.5. The average Bonchev–Trinajstić information content (AvgIpc) is 1.59. The van der Waals surface area contributed by atoms with Gasteiger partial charge in [0.15, 0.2) is 0 Å². The summed E-state index contributed by atoms with van der Waals surface area (Å²) in [5, 5.41) is 0. The van der Waals surface area contributed by atoms with Crippen LogP contribution in [0, 0.1) is 0 Å². The Bertz CT molecular complexity index is 120. The van der Waals surface area contributed by atoms with E-state index in [2.05, 4.69) is 41.5 Å². The van der Waals surface area contributed by atoms with Crippen LogP contribution >= 0.6 is 0 Å². The molecule has 0 saturated heterocycles. The molecule has 2 heteroatoms. The Kier molecular flexibility index (Phi) is 3.09. The van der Waals surface area contributed by atoms with E-state index >= 15 is 0 Å². The van der Waals surface area contributed by atoms with E-state index in [0.717, 1.165) is 0 Å². The second kappa shape index (κ2) is 2.92. The molecule has 0 aliphatic carbocycles. The van der Waals surface area contributed by atoms with Gasteiger partial charge in [-0.1, -0.05) is 0 Å².